The van der Waals surface area contributed by atoms with Crippen LogP contribution in [-0.4, -0.2) is 41.9 Å². The second kappa shape index (κ2) is 10.1. The third-order valence-electron chi connectivity index (χ3n) is 6.82. The molecule has 1 aromatic rings. The smallest absolute Gasteiger partial charge is 0.0902 e. The van der Waals surface area contributed by atoms with Gasteiger partial charge in [0.25, 0.3) is 0 Å². The van der Waals surface area contributed by atoms with Crippen molar-refractivity contribution >= 4 is 0 Å². The summed E-state index contributed by atoms with van der Waals surface area (Å²) in [6.07, 6.45) is 14.2. The van der Waals surface area contributed by atoms with Crippen LogP contribution in [0.15, 0.2) is 54.1 Å². The number of nitrogens with zero attached hydrogens (tertiary/aromatic N) is 1. The Morgan fingerprint density at radius 3 is 2.62 bits per heavy atom. The van der Waals surface area contributed by atoms with Gasteiger partial charge in [0.05, 0.1) is 11.7 Å². The van der Waals surface area contributed by atoms with Crippen LogP contribution in [0.3, 0.4) is 0 Å². The third-order valence-corrected chi connectivity index (χ3v) is 6.82. The molecule has 1 saturated carbocycles. The van der Waals surface area contributed by atoms with E-state index in [9.17, 15) is 10.2 Å². The summed E-state index contributed by atoms with van der Waals surface area (Å²) in [5.74, 6) is 1.29. The molecule has 0 radical (unpaired) electrons. The van der Waals surface area contributed by atoms with E-state index in [1.54, 1.807) is 5.57 Å². The molecule has 2 aliphatic carbocycles. The van der Waals surface area contributed by atoms with Gasteiger partial charge in [-0.1, -0.05) is 60.6 Å². The van der Waals surface area contributed by atoms with Crippen LogP contribution in [0, 0.1) is 17.8 Å². The molecule has 0 saturated heterocycles. The monoisotopic (exact) mass is 397 g/mol. The van der Waals surface area contributed by atoms with Gasteiger partial charge in [0.1, 0.15) is 0 Å². The minimum atomic E-state index is -0.869. The second-order valence-electron chi connectivity index (χ2n) is 9.62. The number of benzene rings is 1. The Hall–Kier alpha value is -1.42. The molecule has 2 N–H and O–H groups in total. The van der Waals surface area contributed by atoms with Crippen LogP contribution in [0.5, 0.6) is 0 Å². The van der Waals surface area contributed by atoms with Gasteiger partial charge in [-0.2, -0.15) is 0 Å². The molecule has 0 spiro atoms. The lowest BCUT2D eigenvalue weighted by Gasteiger charge is -2.23. The van der Waals surface area contributed by atoms with Crippen LogP contribution in [0.4, 0.5) is 0 Å². The van der Waals surface area contributed by atoms with Crippen molar-refractivity contribution in [2.24, 2.45) is 17.8 Å². The van der Waals surface area contributed by atoms with E-state index in [1.807, 2.05) is 37.3 Å². The van der Waals surface area contributed by atoms with Gasteiger partial charge in [0.2, 0.25) is 0 Å². The molecule has 29 heavy (non-hydrogen) atoms. The first-order chi connectivity index (χ1) is 13.9. The fourth-order valence-electron chi connectivity index (χ4n) is 5.12. The van der Waals surface area contributed by atoms with E-state index in [0.717, 1.165) is 18.4 Å². The SMILES string of the molecule is CN(C)CCCCCC1=C[C@H]2C[C@@H](O)[C@H](C=CC[C@](C)(O)c3ccccc3)[C@H]2C1. The van der Waals surface area contributed by atoms with E-state index >= 15 is 0 Å². The average molecular weight is 398 g/mol. The Balaban J connectivity index is 1.49. The van der Waals surface area contributed by atoms with Crippen molar-refractivity contribution in [3.63, 3.8) is 0 Å². The fourth-order valence-corrected chi connectivity index (χ4v) is 5.12. The highest BCUT2D eigenvalue weighted by Gasteiger charge is 2.43. The quantitative estimate of drug-likeness (QED) is 0.436. The summed E-state index contributed by atoms with van der Waals surface area (Å²) in [5.41, 5.74) is 1.67. The Kier molecular flexibility index (Phi) is 7.72. The van der Waals surface area contributed by atoms with Crippen molar-refractivity contribution in [1.82, 2.24) is 4.90 Å². The molecule has 0 aliphatic heterocycles. The minimum absolute atomic E-state index is 0.217. The maximum atomic E-state index is 10.8. The number of aliphatic hydroxyl groups is 2. The molecule has 0 bridgehead atoms. The number of hydrogen-bond acceptors (Lipinski definition) is 3. The Labute approximate surface area is 177 Å². The summed E-state index contributed by atoms with van der Waals surface area (Å²) < 4.78 is 0. The Bertz CT molecular complexity index is 692. The second-order valence-corrected chi connectivity index (χ2v) is 9.62. The van der Waals surface area contributed by atoms with Gasteiger partial charge >= 0.3 is 0 Å². The molecule has 2 aliphatic rings. The summed E-state index contributed by atoms with van der Waals surface area (Å²) in [6, 6.07) is 9.84. The molecule has 1 fully saturated rings. The van der Waals surface area contributed by atoms with E-state index in [0.29, 0.717) is 18.3 Å². The van der Waals surface area contributed by atoms with Crippen LogP contribution in [-0.2, 0) is 5.60 Å². The highest BCUT2D eigenvalue weighted by atomic mass is 16.3. The number of aliphatic hydroxyl groups excluding tert-OH is 1. The van der Waals surface area contributed by atoms with Gasteiger partial charge in [-0.15, -0.1) is 0 Å². The number of unbranched alkanes of at least 4 members (excludes halogenated alkanes) is 2. The lowest BCUT2D eigenvalue weighted by molar-refractivity contribution is 0.0601. The first-order valence-corrected chi connectivity index (χ1v) is 11.3. The summed E-state index contributed by atoms with van der Waals surface area (Å²) in [5, 5.41) is 21.4. The molecule has 3 nitrogen and oxygen atoms in total. The van der Waals surface area contributed by atoms with Gasteiger partial charge < -0.3 is 15.1 Å². The van der Waals surface area contributed by atoms with Crippen LogP contribution in [0.2, 0.25) is 0 Å². The van der Waals surface area contributed by atoms with Crippen molar-refractivity contribution in [2.45, 2.75) is 63.6 Å². The van der Waals surface area contributed by atoms with Crippen molar-refractivity contribution in [3.8, 4) is 0 Å². The summed E-state index contributed by atoms with van der Waals surface area (Å²) in [6.45, 7) is 3.04. The van der Waals surface area contributed by atoms with Gasteiger partial charge in [-0.05, 0) is 83.5 Å². The van der Waals surface area contributed by atoms with Crippen molar-refractivity contribution in [3.05, 3.63) is 59.7 Å². The molecule has 3 rings (SSSR count). The lowest BCUT2D eigenvalue weighted by atomic mass is 9.87. The van der Waals surface area contributed by atoms with E-state index < -0.39 is 5.60 Å². The fraction of sp³-hybridized carbons (Fsp3) is 0.615. The highest BCUT2D eigenvalue weighted by molar-refractivity contribution is 5.23. The van der Waals surface area contributed by atoms with Crippen LogP contribution in [0.1, 0.15) is 57.4 Å². The predicted molar refractivity (Wildman–Crippen MR) is 121 cm³/mol. The molecule has 3 heteroatoms. The largest absolute Gasteiger partial charge is 0.392 e. The molecule has 160 valence electrons. The predicted octanol–water partition coefficient (Wildman–Crippen LogP) is 4.91. The third kappa shape index (κ3) is 6.04. The molecular formula is C26H39NO2. The van der Waals surface area contributed by atoms with E-state index in [1.165, 1.54) is 32.2 Å². The number of fused-ring (bicyclic) bond motifs is 1. The van der Waals surface area contributed by atoms with Gasteiger partial charge in [-0.3, -0.25) is 0 Å². The zero-order valence-corrected chi connectivity index (χ0v) is 18.4. The van der Waals surface area contributed by atoms with E-state index in [2.05, 4.69) is 37.2 Å². The number of allylic oxidation sites excluding steroid dienone is 2. The topological polar surface area (TPSA) is 43.7 Å². The highest BCUT2D eigenvalue weighted by Crippen LogP contribution is 2.48. The maximum Gasteiger partial charge on any atom is 0.0902 e. The average Bonchev–Trinajstić information content (AvgIpc) is 3.19. The standard InChI is InChI=1S/C26H39NO2/c1-26(29,22-12-7-4-8-13-22)15-10-14-23-24-18-20(17-21(24)19-25(23)28)11-6-5-9-16-27(2)3/h4,7-8,10,12-14,17,21,23-25,28-29H,5-6,9,11,15-16,18-19H2,1-3H3/t21-,23+,24-,25+,26-/m0/s1. The summed E-state index contributed by atoms with van der Waals surface area (Å²) in [4.78, 5) is 2.26. The van der Waals surface area contributed by atoms with Crippen molar-refractivity contribution in [2.75, 3.05) is 20.6 Å². The summed E-state index contributed by atoms with van der Waals surface area (Å²) in [7, 11) is 4.28. The lowest BCUT2D eigenvalue weighted by Crippen LogP contribution is -2.21. The van der Waals surface area contributed by atoms with Gasteiger partial charge in [-0.25, -0.2) is 0 Å². The number of rotatable bonds is 10. The molecule has 0 amide bonds. The molecule has 1 aromatic carbocycles. The van der Waals surface area contributed by atoms with Crippen molar-refractivity contribution < 1.29 is 10.2 Å². The van der Waals surface area contributed by atoms with Gasteiger partial charge in [0, 0.05) is 5.92 Å². The molecule has 0 unspecified atom stereocenters. The molecule has 0 heterocycles. The van der Waals surface area contributed by atoms with Crippen LogP contribution >= 0.6 is 0 Å². The zero-order valence-electron chi connectivity index (χ0n) is 18.4. The Morgan fingerprint density at radius 1 is 1.14 bits per heavy atom. The Morgan fingerprint density at radius 2 is 1.90 bits per heavy atom. The maximum absolute atomic E-state index is 10.8. The molecule has 5 atom stereocenters. The van der Waals surface area contributed by atoms with Gasteiger partial charge in [0.15, 0.2) is 0 Å². The first-order valence-electron chi connectivity index (χ1n) is 11.3. The number of hydrogen-bond donors (Lipinski definition) is 2. The summed E-state index contributed by atoms with van der Waals surface area (Å²) >= 11 is 0. The first kappa shape index (κ1) is 22.3. The van der Waals surface area contributed by atoms with Crippen LogP contribution < -0.4 is 0 Å². The van der Waals surface area contributed by atoms with E-state index in [4.69, 9.17) is 0 Å². The van der Waals surface area contributed by atoms with E-state index in [-0.39, 0.29) is 12.0 Å². The minimum Gasteiger partial charge on any atom is -0.392 e. The normalized spacial score (nSPS) is 28.7. The molecular weight excluding hydrogens is 358 g/mol. The van der Waals surface area contributed by atoms with Crippen molar-refractivity contribution in [1.29, 1.82) is 0 Å². The van der Waals surface area contributed by atoms with Crippen LogP contribution in [0.25, 0.3) is 0 Å². The zero-order chi connectivity index (χ0) is 20.9. The molecule has 0 aromatic heterocycles.